The number of rotatable bonds is 1. The van der Waals surface area contributed by atoms with Crippen LogP contribution in [0, 0.1) is 0 Å². The molecule has 3 rings (SSSR count). The minimum atomic E-state index is 0. The van der Waals surface area contributed by atoms with Gasteiger partial charge < -0.3 is 5.11 Å². The molecule has 0 saturated heterocycles. The third kappa shape index (κ3) is 2.38. The second-order valence-electron chi connectivity index (χ2n) is 3.50. The summed E-state index contributed by atoms with van der Waals surface area (Å²) in [5.41, 5.74) is 1.77. The molecule has 17 heavy (non-hydrogen) atoms. The van der Waals surface area contributed by atoms with E-state index in [-0.39, 0.29) is 35.3 Å². The number of fused-ring (bicyclic) bond motifs is 1. The molecular formula is C13H10NNaOS. The average molecular weight is 251 g/mol. The average Bonchev–Trinajstić information content (AvgIpc) is 2.73. The number of phenols is 1. The van der Waals surface area contributed by atoms with Gasteiger partial charge >= 0.3 is 29.6 Å². The number of aromatic nitrogens is 1. The summed E-state index contributed by atoms with van der Waals surface area (Å²) >= 11 is 1.59. The van der Waals surface area contributed by atoms with E-state index in [0.29, 0.717) is 0 Å². The summed E-state index contributed by atoms with van der Waals surface area (Å²) in [5, 5.41) is 10.6. The van der Waals surface area contributed by atoms with Crippen LogP contribution >= 0.6 is 11.3 Å². The first-order chi connectivity index (χ1) is 7.84. The molecule has 4 heteroatoms. The van der Waals surface area contributed by atoms with Crippen LogP contribution in [0.5, 0.6) is 5.75 Å². The summed E-state index contributed by atoms with van der Waals surface area (Å²) in [7, 11) is 0. The Labute approximate surface area is 125 Å². The van der Waals surface area contributed by atoms with Gasteiger partial charge in [-0.2, -0.15) is 0 Å². The molecule has 0 aliphatic carbocycles. The number of aromatic hydroxyl groups is 1. The van der Waals surface area contributed by atoms with Crippen molar-refractivity contribution in [1.29, 1.82) is 0 Å². The van der Waals surface area contributed by atoms with Crippen molar-refractivity contribution in [2.24, 2.45) is 0 Å². The molecule has 0 atom stereocenters. The molecule has 0 unspecified atom stereocenters. The van der Waals surface area contributed by atoms with Gasteiger partial charge in [-0.15, -0.1) is 11.3 Å². The quantitative estimate of drug-likeness (QED) is 0.674. The van der Waals surface area contributed by atoms with Crippen LogP contribution in [0.1, 0.15) is 0 Å². The third-order valence-electron chi connectivity index (χ3n) is 2.43. The van der Waals surface area contributed by atoms with Crippen LogP contribution < -0.4 is 0 Å². The van der Waals surface area contributed by atoms with Crippen molar-refractivity contribution in [1.82, 2.24) is 4.98 Å². The van der Waals surface area contributed by atoms with Gasteiger partial charge in [0.1, 0.15) is 10.8 Å². The summed E-state index contributed by atoms with van der Waals surface area (Å²) in [6.07, 6.45) is 0. The molecule has 0 bridgehead atoms. The molecule has 0 saturated carbocycles. The number of para-hydroxylation sites is 2. The topological polar surface area (TPSA) is 33.1 Å². The van der Waals surface area contributed by atoms with E-state index in [0.717, 1.165) is 20.8 Å². The Balaban J connectivity index is 0.00000108. The first-order valence-electron chi connectivity index (χ1n) is 4.98. The number of nitrogens with zero attached hydrogens (tertiary/aromatic N) is 1. The summed E-state index contributed by atoms with van der Waals surface area (Å²) in [5.74, 6) is 0.279. The fourth-order valence-electron chi connectivity index (χ4n) is 1.64. The van der Waals surface area contributed by atoms with Crippen LogP contribution in [0.3, 0.4) is 0 Å². The van der Waals surface area contributed by atoms with Gasteiger partial charge in [0.15, 0.2) is 0 Å². The number of phenolic OH excluding ortho intramolecular Hbond substituents is 1. The molecule has 1 aromatic heterocycles. The van der Waals surface area contributed by atoms with E-state index in [1.807, 2.05) is 42.5 Å². The van der Waals surface area contributed by atoms with Crippen LogP contribution in [0.15, 0.2) is 48.5 Å². The van der Waals surface area contributed by atoms with Gasteiger partial charge in [0.05, 0.1) is 15.8 Å². The van der Waals surface area contributed by atoms with Crippen molar-refractivity contribution >= 4 is 51.1 Å². The Morgan fingerprint density at radius 2 is 1.65 bits per heavy atom. The zero-order chi connectivity index (χ0) is 11.0. The van der Waals surface area contributed by atoms with Gasteiger partial charge in [0.25, 0.3) is 0 Å². The van der Waals surface area contributed by atoms with Crippen LogP contribution in [0.2, 0.25) is 0 Å². The standard InChI is InChI=1S/C13H9NOS.Na.H/c15-11-7-3-1-5-9(11)13-14-10-6-2-4-8-12(10)16-13;;/h1-8,15H;;. The van der Waals surface area contributed by atoms with E-state index in [2.05, 4.69) is 4.98 Å². The van der Waals surface area contributed by atoms with Gasteiger partial charge in [0, 0.05) is 0 Å². The zero-order valence-corrected chi connectivity index (χ0v) is 9.24. The normalized spacial score (nSPS) is 10.1. The summed E-state index contributed by atoms with van der Waals surface area (Å²) in [4.78, 5) is 4.50. The minimum absolute atomic E-state index is 0. The number of thiazole rings is 1. The SMILES string of the molecule is Oc1ccccc1-c1nc2ccccc2s1.[NaH]. The monoisotopic (exact) mass is 251 g/mol. The van der Waals surface area contributed by atoms with E-state index < -0.39 is 0 Å². The van der Waals surface area contributed by atoms with Crippen LogP contribution in [0.25, 0.3) is 20.8 Å². The van der Waals surface area contributed by atoms with Gasteiger partial charge in [-0.1, -0.05) is 24.3 Å². The molecule has 0 amide bonds. The Hall–Kier alpha value is -0.870. The maximum absolute atomic E-state index is 9.76. The molecule has 80 valence electrons. The van der Waals surface area contributed by atoms with E-state index >= 15 is 0 Å². The first-order valence-corrected chi connectivity index (χ1v) is 5.80. The first kappa shape index (κ1) is 12.6. The molecule has 0 aliphatic rings. The van der Waals surface area contributed by atoms with Crippen molar-refractivity contribution in [3.8, 4) is 16.3 Å². The maximum atomic E-state index is 9.76. The Morgan fingerprint density at radius 3 is 2.41 bits per heavy atom. The molecule has 2 nitrogen and oxygen atoms in total. The Bertz CT molecular complexity index is 617. The second-order valence-corrected chi connectivity index (χ2v) is 4.53. The fraction of sp³-hybridized carbons (Fsp3) is 0. The fourth-order valence-corrected chi connectivity index (χ4v) is 2.64. The molecule has 3 aromatic rings. The molecule has 0 spiro atoms. The van der Waals surface area contributed by atoms with E-state index in [9.17, 15) is 5.11 Å². The number of hydrogen-bond donors (Lipinski definition) is 1. The number of benzene rings is 2. The molecule has 2 aromatic carbocycles. The van der Waals surface area contributed by atoms with Gasteiger partial charge in [0.2, 0.25) is 0 Å². The molecule has 1 heterocycles. The molecule has 0 aliphatic heterocycles. The van der Waals surface area contributed by atoms with Crippen LogP contribution in [-0.2, 0) is 0 Å². The van der Waals surface area contributed by atoms with Crippen molar-refractivity contribution in [3.63, 3.8) is 0 Å². The third-order valence-corrected chi connectivity index (χ3v) is 3.50. The molecule has 0 radical (unpaired) electrons. The zero-order valence-electron chi connectivity index (χ0n) is 8.42. The van der Waals surface area contributed by atoms with E-state index in [1.165, 1.54) is 0 Å². The van der Waals surface area contributed by atoms with Crippen molar-refractivity contribution < 1.29 is 5.11 Å². The molecule has 0 fully saturated rings. The van der Waals surface area contributed by atoms with Crippen molar-refractivity contribution in [2.45, 2.75) is 0 Å². The van der Waals surface area contributed by atoms with Crippen LogP contribution in [0.4, 0.5) is 0 Å². The second kappa shape index (κ2) is 5.19. The van der Waals surface area contributed by atoms with E-state index in [4.69, 9.17) is 0 Å². The Kier molecular flexibility index (Phi) is 3.84. The molecule has 1 N–H and O–H groups in total. The summed E-state index contributed by atoms with van der Waals surface area (Å²) < 4.78 is 1.14. The van der Waals surface area contributed by atoms with Gasteiger partial charge in [-0.25, -0.2) is 4.98 Å². The number of hydrogen-bond acceptors (Lipinski definition) is 3. The van der Waals surface area contributed by atoms with Crippen molar-refractivity contribution in [3.05, 3.63) is 48.5 Å². The van der Waals surface area contributed by atoms with Crippen molar-refractivity contribution in [2.75, 3.05) is 0 Å². The van der Waals surface area contributed by atoms with Gasteiger partial charge in [-0.3, -0.25) is 0 Å². The Morgan fingerprint density at radius 1 is 0.941 bits per heavy atom. The van der Waals surface area contributed by atoms with Gasteiger partial charge in [-0.05, 0) is 24.3 Å². The molecular weight excluding hydrogens is 241 g/mol. The van der Waals surface area contributed by atoms with Crippen LogP contribution in [-0.4, -0.2) is 39.6 Å². The summed E-state index contributed by atoms with van der Waals surface area (Å²) in [6.45, 7) is 0. The predicted molar refractivity (Wildman–Crippen MR) is 73.9 cm³/mol. The summed E-state index contributed by atoms with van der Waals surface area (Å²) in [6, 6.07) is 15.3. The van der Waals surface area contributed by atoms with E-state index in [1.54, 1.807) is 17.4 Å². The predicted octanol–water partition coefficient (Wildman–Crippen LogP) is 3.02.